The van der Waals surface area contributed by atoms with Gasteiger partial charge in [0.1, 0.15) is 11.7 Å². The topological polar surface area (TPSA) is 46.5 Å². The van der Waals surface area contributed by atoms with Gasteiger partial charge in [-0.3, -0.25) is 4.79 Å². The van der Waals surface area contributed by atoms with Crippen molar-refractivity contribution >= 4 is 5.97 Å². The van der Waals surface area contributed by atoms with Gasteiger partial charge in [-0.15, -0.1) is 0 Å². The highest BCUT2D eigenvalue weighted by atomic mass is 19.4. The number of carboxylic acids is 1. The zero-order valence-electron chi connectivity index (χ0n) is 9.49. The summed E-state index contributed by atoms with van der Waals surface area (Å²) in [6.07, 6.45) is -7.15. The molecule has 1 aliphatic heterocycles. The number of fused-ring (bicyclic) bond motifs is 1. The number of carbonyl (C=O) groups is 1. The number of halogens is 3. The lowest BCUT2D eigenvalue weighted by Crippen LogP contribution is -2.47. The monoisotopic (exact) mass is 260 g/mol. The molecule has 0 saturated heterocycles. The van der Waals surface area contributed by atoms with Crippen LogP contribution in [0.1, 0.15) is 11.1 Å². The first kappa shape index (κ1) is 12.7. The maximum Gasteiger partial charge on any atom is 0.426 e. The Morgan fingerprint density at radius 1 is 1.44 bits per heavy atom. The minimum absolute atomic E-state index is 0.120. The summed E-state index contributed by atoms with van der Waals surface area (Å²) in [6.45, 7) is 1.73. The molecule has 1 aromatic rings. The number of hydrogen-bond acceptors (Lipinski definition) is 2. The number of rotatable bonds is 1. The molecular weight excluding hydrogens is 249 g/mol. The molecule has 98 valence electrons. The predicted octanol–water partition coefficient (Wildman–Crippen LogP) is 2.56. The van der Waals surface area contributed by atoms with Crippen molar-refractivity contribution < 1.29 is 27.8 Å². The normalized spacial score (nSPS) is 23.1. The molecule has 0 aliphatic carbocycles. The van der Waals surface area contributed by atoms with Crippen LogP contribution in [0.4, 0.5) is 13.2 Å². The van der Waals surface area contributed by atoms with Crippen LogP contribution in [0.25, 0.3) is 0 Å². The third-order valence-electron chi connectivity index (χ3n) is 2.92. The van der Waals surface area contributed by atoms with Gasteiger partial charge < -0.3 is 9.84 Å². The summed E-state index contributed by atoms with van der Waals surface area (Å²) in [5, 5.41) is 8.87. The summed E-state index contributed by atoms with van der Waals surface area (Å²) in [5.41, 5.74) is 1.26. The molecule has 3 nitrogen and oxygen atoms in total. The van der Waals surface area contributed by atoms with Gasteiger partial charge in [-0.05, 0) is 30.5 Å². The molecule has 1 N–H and O–H groups in total. The van der Waals surface area contributed by atoms with Gasteiger partial charge in [0.15, 0.2) is 0 Å². The van der Waals surface area contributed by atoms with E-state index in [1.807, 2.05) is 0 Å². The average Bonchev–Trinajstić information content (AvgIpc) is 2.25. The highest BCUT2D eigenvalue weighted by Gasteiger charge is 2.52. The van der Waals surface area contributed by atoms with Crippen molar-refractivity contribution in [1.29, 1.82) is 0 Å². The average molecular weight is 260 g/mol. The SMILES string of the molecule is Cc1ccc2c(c1)OC(C(F)(F)F)C(C(=O)O)C2. The summed E-state index contributed by atoms with van der Waals surface area (Å²) in [7, 11) is 0. The van der Waals surface area contributed by atoms with E-state index >= 15 is 0 Å². The number of carboxylic acid groups (broad SMARTS) is 1. The van der Waals surface area contributed by atoms with Crippen LogP contribution in [-0.2, 0) is 11.2 Å². The summed E-state index contributed by atoms with van der Waals surface area (Å²) < 4.78 is 43.1. The first-order valence-corrected chi connectivity index (χ1v) is 5.35. The van der Waals surface area contributed by atoms with Crippen LogP contribution in [0.3, 0.4) is 0 Å². The van der Waals surface area contributed by atoms with Crippen molar-refractivity contribution in [2.75, 3.05) is 0 Å². The molecule has 0 aromatic heterocycles. The zero-order chi connectivity index (χ0) is 13.5. The molecule has 1 aliphatic rings. The fourth-order valence-corrected chi connectivity index (χ4v) is 2.01. The van der Waals surface area contributed by atoms with E-state index < -0.39 is 24.2 Å². The van der Waals surface area contributed by atoms with Crippen molar-refractivity contribution in [2.45, 2.75) is 25.6 Å². The molecular formula is C12H11F3O3. The van der Waals surface area contributed by atoms with Crippen LogP contribution < -0.4 is 4.74 Å². The van der Waals surface area contributed by atoms with E-state index in [2.05, 4.69) is 0 Å². The van der Waals surface area contributed by atoms with Gasteiger partial charge in [0, 0.05) is 0 Å². The second-order valence-corrected chi connectivity index (χ2v) is 4.34. The highest BCUT2D eigenvalue weighted by molar-refractivity contribution is 5.72. The van der Waals surface area contributed by atoms with Crippen LogP contribution in [0.15, 0.2) is 18.2 Å². The number of aliphatic carboxylic acids is 1. The lowest BCUT2D eigenvalue weighted by molar-refractivity contribution is -0.217. The Labute approximate surface area is 101 Å². The number of benzene rings is 1. The van der Waals surface area contributed by atoms with Crippen LogP contribution in [0.5, 0.6) is 5.75 Å². The Morgan fingerprint density at radius 2 is 2.11 bits per heavy atom. The smallest absolute Gasteiger partial charge is 0.426 e. The highest BCUT2D eigenvalue weighted by Crippen LogP contribution is 2.38. The van der Waals surface area contributed by atoms with Crippen molar-refractivity contribution in [3.63, 3.8) is 0 Å². The molecule has 1 heterocycles. The van der Waals surface area contributed by atoms with Gasteiger partial charge in [0.25, 0.3) is 0 Å². The van der Waals surface area contributed by atoms with E-state index in [0.717, 1.165) is 5.56 Å². The summed E-state index contributed by atoms with van der Waals surface area (Å²) in [5.74, 6) is -2.97. The van der Waals surface area contributed by atoms with Crippen LogP contribution in [0, 0.1) is 12.8 Å². The number of aryl methyl sites for hydroxylation is 1. The van der Waals surface area contributed by atoms with Gasteiger partial charge in [-0.1, -0.05) is 12.1 Å². The van der Waals surface area contributed by atoms with E-state index in [1.165, 1.54) is 6.07 Å². The lowest BCUT2D eigenvalue weighted by Gasteiger charge is -2.32. The Kier molecular flexibility index (Phi) is 2.96. The van der Waals surface area contributed by atoms with Gasteiger partial charge in [0.05, 0.1) is 0 Å². The second-order valence-electron chi connectivity index (χ2n) is 4.34. The Morgan fingerprint density at radius 3 is 2.67 bits per heavy atom. The summed E-state index contributed by atoms with van der Waals surface area (Å²) >= 11 is 0. The molecule has 0 fully saturated rings. The molecule has 0 radical (unpaired) electrons. The third-order valence-corrected chi connectivity index (χ3v) is 2.92. The quantitative estimate of drug-likeness (QED) is 0.844. The molecule has 18 heavy (non-hydrogen) atoms. The zero-order valence-corrected chi connectivity index (χ0v) is 9.49. The third kappa shape index (κ3) is 2.27. The molecule has 6 heteroatoms. The standard InChI is InChI=1S/C12H11F3O3/c1-6-2-3-7-5-8(11(16)17)10(12(13,14)15)18-9(7)4-6/h2-4,8,10H,5H2,1H3,(H,16,17). The van der Waals surface area contributed by atoms with E-state index in [1.54, 1.807) is 19.1 Å². The molecule has 0 spiro atoms. The number of alkyl halides is 3. The molecule has 1 aromatic carbocycles. The molecule has 0 bridgehead atoms. The van der Waals surface area contributed by atoms with Crippen molar-refractivity contribution in [1.82, 2.24) is 0 Å². The predicted molar refractivity (Wildman–Crippen MR) is 56.5 cm³/mol. The summed E-state index contributed by atoms with van der Waals surface area (Å²) in [4.78, 5) is 10.9. The van der Waals surface area contributed by atoms with Crippen LogP contribution in [-0.4, -0.2) is 23.4 Å². The second kappa shape index (κ2) is 4.19. The molecule has 2 rings (SSSR count). The Balaban J connectivity index is 2.41. The Hall–Kier alpha value is -1.72. The fourth-order valence-electron chi connectivity index (χ4n) is 2.01. The fraction of sp³-hybridized carbons (Fsp3) is 0.417. The minimum atomic E-state index is -4.69. The lowest BCUT2D eigenvalue weighted by atomic mass is 9.90. The van der Waals surface area contributed by atoms with E-state index in [9.17, 15) is 18.0 Å². The molecule has 2 unspecified atom stereocenters. The van der Waals surface area contributed by atoms with Gasteiger partial charge in [0.2, 0.25) is 6.10 Å². The number of hydrogen-bond donors (Lipinski definition) is 1. The van der Waals surface area contributed by atoms with Gasteiger partial charge >= 0.3 is 12.1 Å². The van der Waals surface area contributed by atoms with Crippen molar-refractivity contribution in [3.05, 3.63) is 29.3 Å². The van der Waals surface area contributed by atoms with Gasteiger partial charge in [-0.2, -0.15) is 13.2 Å². The van der Waals surface area contributed by atoms with Crippen molar-refractivity contribution in [2.24, 2.45) is 5.92 Å². The molecule has 0 saturated carbocycles. The number of ether oxygens (including phenoxy) is 1. The van der Waals surface area contributed by atoms with E-state index in [0.29, 0.717) is 5.56 Å². The maximum atomic E-state index is 12.8. The molecule has 0 amide bonds. The van der Waals surface area contributed by atoms with Crippen molar-refractivity contribution in [3.8, 4) is 5.75 Å². The first-order chi connectivity index (χ1) is 8.29. The maximum absolute atomic E-state index is 12.8. The summed E-state index contributed by atoms with van der Waals surface area (Å²) in [6, 6.07) is 4.81. The van der Waals surface area contributed by atoms with E-state index in [-0.39, 0.29) is 12.2 Å². The van der Waals surface area contributed by atoms with Crippen LogP contribution >= 0.6 is 0 Å². The van der Waals surface area contributed by atoms with E-state index in [4.69, 9.17) is 9.84 Å². The first-order valence-electron chi connectivity index (χ1n) is 5.35. The Bertz CT molecular complexity index is 482. The largest absolute Gasteiger partial charge is 0.481 e. The minimum Gasteiger partial charge on any atom is -0.481 e. The molecule has 2 atom stereocenters. The van der Waals surface area contributed by atoms with Crippen LogP contribution in [0.2, 0.25) is 0 Å². The van der Waals surface area contributed by atoms with Gasteiger partial charge in [-0.25, -0.2) is 0 Å².